The van der Waals surface area contributed by atoms with E-state index in [4.69, 9.17) is 11.6 Å². The minimum atomic E-state index is -0.676. The molecule has 0 unspecified atom stereocenters. The number of hydrogen-bond acceptors (Lipinski definition) is 3. The highest BCUT2D eigenvalue weighted by atomic mass is 35.5. The minimum Gasteiger partial charge on any atom is -0.386 e. The number of rotatable bonds is 7. The summed E-state index contributed by atoms with van der Waals surface area (Å²) in [5, 5.41) is 12.7. The number of aliphatic hydroxyl groups is 1. The molecular weight excluding hydrogens is 270 g/mol. The molecule has 0 saturated carbocycles. The van der Waals surface area contributed by atoms with Gasteiger partial charge in [0.25, 0.3) is 0 Å². The fourth-order valence-corrected chi connectivity index (χ4v) is 2.67. The first kappa shape index (κ1) is 15.5. The smallest absolute Gasteiger partial charge is 0.222 e. The summed E-state index contributed by atoms with van der Waals surface area (Å²) < 4.78 is 0.645. The van der Waals surface area contributed by atoms with E-state index in [2.05, 4.69) is 12.2 Å². The molecule has 0 fully saturated rings. The lowest BCUT2D eigenvalue weighted by molar-refractivity contribution is -0.125. The first-order chi connectivity index (χ1) is 8.54. The molecule has 1 amide bonds. The molecule has 0 aliphatic rings. The number of aliphatic hydroxyl groups excluding tert-OH is 1. The zero-order valence-electron chi connectivity index (χ0n) is 10.8. The molecule has 0 bridgehead atoms. The second-order valence-corrected chi connectivity index (χ2v) is 6.19. The summed E-state index contributed by atoms with van der Waals surface area (Å²) in [7, 11) is 0. The Kier molecular flexibility index (Phi) is 6.68. The van der Waals surface area contributed by atoms with E-state index in [-0.39, 0.29) is 18.4 Å². The second kappa shape index (κ2) is 7.77. The number of thiophene rings is 1. The SMILES string of the molecule is CCCC[C@H](C)C(=O)NC[C@@H](O)c1ccc(Cl)s1. The van der Waals surface area contributed by atoms with Crippen molar-refractivity contribution in [2.45, 2.75) is 39.2 Å². The molecule has 0 aliphatic heterocycles. The van der Waals surface area contributed by atoms with Crippen LogP contribution in [0.15, 0.2) is 12.1 Å². The predicted molar refractivity (Wildman–Crippen MR) is 76.0 cm³/mol. The summed E-state index contributed by atoms with van der Waals surface area (Å²) in [6.07, 6.45) is 2.36. The van der Waals surface area contributed by atoms with Gasteiger partial charge in [0.05, 0.1) is 4.34 Å². The fourth-order valence-electron chi connectivity index (χ4n) is 1.62. The fraction of sp³-hybridized carbons (Fsp3) is 0.615. The summed E-state index contributed by atoms with van der Waals surface area (Å²) in [5.74, 6) is 0.00854. The molecule has 2 N–H and O–H groups in total. The van der Waals surface area contributed by atoms with E-state index < -0.39 is 6.10 Å². The van der Waals surface area contributed by atoms with Crippen LogP contribution in [0.25, 0.3) is 0 Å². The van der Waals surface area contributed by atoms with Crippen molar-refractivity contribution in [2.24, 2.45) is 5.92 Å². The first-order valence-corrected chi connectivity index (χ1v) is 7.45. The van der Waals surface area contributed by atoms with Gasteiger partial charge in [-0.05, 0) is 18.6 Å². The number of hydrogen-bond donors (Lipinski definition) is 2. The van der Waals surface area contributed by atoms with Gasteiger partial charge < -0.3 is 10.4 Å². The third-order valence-electron chi connectivity index (χ3n) is 2.83. The van der Waals surface area contributed by atoms with Gasteiger partial charge in [-0.25, -0.2) is 0 Å². The van der Waals surface area contributed by atoms with Gasteiger partial charge in [-0.1, -0.05) is 38.3 Å². The molecule has 0 spiro atoms. The summed E-state index contributed by atoms with van der Waals surface area (Å²) in [6.45, 7) is 4.26. The van der Waals surface area contributed by atoms with Crippen LogP contribution in [-0.2, 0) is 4.79 Å². The van der Waals surface area contributed by atoms with Gasteiger partial charge in [-0.2, -0.15) is 0 Å². The van der Waals surface area contributed by atoms with E-state index >= 15 is 0 Å². The molecular formula is C13H20ClNO2S. The largest absolute Gasteiger partial charge is 0.386 e. The molecule has 0 saturated heterocycles. The van der Waals surface area contributed by atoms with Crippen molar-refractivity contribution >= 4 is 28.8 Å². The Hall–Kier alpha value is -0.580. The summed E-state index contributed by atoms with van der Waals surface area (Å²) in [4.78, 5) is 12.5. The van der Waals surface area contributed by atoms with E-state index in [1.165, 1.54) is 11.3 Å². The monoisotopic (exact) mass is 289 g/mol. The van der Waals surface area contributed by atoms with Crippen LogP contribution in [0.4, 0.5) is 0 Å². The number of amides is 1. The van der Waals surface area contributed by atoms with Crippen molar-refractivity contribution in [1.29, 1.82) is 0 Å². The zero-order chi connectivity index (χ0) is 13.5. The van der Waals surface area contributed by atoms with Gasteiger partial charge in [0.1, 0.15) is 6.10 Å². The maximum atomic E-state index is 11.7. The molecule has 0 aromatic carbocycles. The van der Waals surface area contributed by atoms with Crippen molar-refractivity contribution < 1.29 is 9.90 Å². The average molecular weight is 290 g/mol. The summed E-state index contributed by atoms with van der Waals surface area (Å²) in [6, 6.07) is 3.53. The van der Waals surface area contributed by atoms with Gasteiger partial charge in [-0.3, -0.25) is 4.79 Å². The van der Waals surface area contributed by atoms with E-state index in [1.807, 2.05) is 6.92 Å². The van der Waals surface area contributed by atoms with Gasteiger partial charge in [0.15, 0.2) is 0 Å². The highest BCUT2D eigenvalue weighted by Gasteiger charge is 2.15. The minimum absolute atomic E-state index is 0.00377. The van der Waals surface area contributed by atoms with E-state index in [0.29, 0.717) is 4.34 Å². The van der Waals surface area contributed by atoms with Crippen LogP contribution >= 0.6 is 22.9 Å². The highest BCUT2D eigenvalue weighted by molar-refractivity contribution is 7.16. The average Bonchev–Trinajstić information content (AvgIpc) is 2.79. The number of unbranched alkanes of at least 4 members (excludes halogenated alkanes) is 1. The van der Waals surface area contributed by atoms with Gasteiger partial charge in [0.2, 0.25) is 5.91 Å². The predicted octanol–water partition coefficient (Wildman–Crippen LogP) is 3.38. The molecule has 1 heterocycles. The van der Waals surface area contributed by atoms with Crippen molar-refractivity contribution in [3.8, 4) is 0 Å². The van der Waals surface area contributed by atoms with Crippen LogP contribution in [0.5, 0.6) is 0 Å². The van der Waals surface area contributed by atoms with Crippen LogP contribution in [0.3, 0.4) is 0 Å². The van der Waals surface area contributed by atoms with E-state index in [9.17, 15) is 9.90 Å². The third-order valence-corrected chi connectivity index (χ3v) is 4.16. The Morgan fingerprint density at radius 2 is 2.28 bits per heavy atom. The van der Waals surface area contributed by atoms with Crippen molar-refractivity contribution in [3.05, 3.63) is 21.3 Å². The van der Waals surface area contributed by atoms with Crippen molar-refractivity contribution in [1.82, 2.24) is 5.32 Å². The standard InChI is InChI=1S/C13H20ClNO2S/c1-3-4-5-9(2)13(17)15-8-10(16)11-6-7-12(14)18-11/h6-7,9-10,16H,3-5,8H2,1-2H3,(H,15,17)/t9-,10+/m0/s1. The second-order valence-electron chi connectivity index (χ2n) is 4.45. The normalized spacial score (nSPS) is 14.2. The Morgan fingerprint density at radius 1 is 1.56 bits per heavy atom. The molecule has 102 valence electrons. The van der Waals surface area contributed by atoms with Gasteiger partial charge in [0, 0.05) is 17.3 Å². The maximum Gasteiger partial charge on any atom is 0.222 e. The number of halogens is 1. The first-order valence-electron chi connectivity index (χ1n) is 6.25. The molecule has 3 nitrogen and oxygen atoms in total. The Morgan fingerprint density at radius 3 is 2.83 bits per heavy atom. The maximum absolute atomic E-state index is 11.7. The van der Waals surface area contributed by atoms with Crippen LogP contribution in [0.1, 0.15) is 44.1 Å². The Labute approximate surface area is 117 Å². The lowest BCUT2D eigenvalue weighted by Crippen LogP contribution is -2.32. The topological polar surface area (TPSA) is 49.3 Å². The van der Waals surface area contributed by atoms with E-state index in [0.717, 1.165) is 24.1 Å². The molecule has 0 aliphatic carbocycles. The number of carbonyl (C=O) groups is 1. The molecule has 2 atom stereocenters. The summed E-state index contributed by atoms with van der Waals surface area (Å²) in [5.41, 5.74) is 0. The Bertz CT molecular complexity index is 381. The quantitative estimate of drug-likeness (QED) is 0.808. The van der Waals surface area contributed by atoms with Gasteiger partial charge in [-0.15, -0.1) is 11.3 Å². The molecule has 18 heavy (non-hydrogen) atoms. The van der Waals surface area contributed by atoms with Crippen molar-refractivity contribution in [2.75, 3.05) is 6.54 Å². The third kappa shape index (κ3) is 4.96. The molecule has 1 aromatic heterocycles. The number of nitrogens with one attached hydrogen (secondary N) is 1. The molecule has 1 aromatic rings. The van der Waals surface area contributed by atoms with Crippen LogP contribution in [0.2, 0.25) is 4.34 Å². The lowest BCUT2D eigenvalue weighted by Gasteiger charge is -2.14. The Balaban J connectivity index is 2.33. The molecule has 5 heteroatoms. The summed E-state index contributed by atoms with van der Waals surface area (Å²) >= 11 is 7.13. The van der Waals surface area contributed by atoms with Crippen molar-refractivity contribution in [3.63, 3.8) is 0 Å². The van der Waals surface area contributed by atoms with Crippen LogP contribution in [-0.4, -0.2) is 17.6 Å². The van der Waals surface area contributed by atoms with Crippen LogP contribution in [0, 0.1) is 5.92 Å². The number of carbonyl (C=O) groups excluding carboxylic acids is 1. The van der Waals surface area contributed by atoms with E-state index in [1.54, 1.807) is 12.1 Å². The van der Waals surface area contributed by atoms with Crippen LogP contribution < -0.4 is 5.32 Å². The lowest BCUT2D eigenvalue weighted by atomic mass is 10.0. The van der Waals surface area contributed by atoms with Gasteiger partial charge >= 0.3 is 0 Å². The zero-order valence-corrected chi connectivity index (χ0v) is 12.4. The molecule has 0 radical (unpaired) electrons. The highest BCUT2D eigenvalue weighted by Crippen LogP contribution is 2.26. The molecule has 1 rings (SSSR count).